The first-order valence-corrected chi connectivity index (χ1v) is 8.54. The number of hydrogen-bond acceptors (Lipinski definition) is 3. The zero-order valence-electron chi connectivity index (χ0n) is 13.0. The first-order chi connectivity index (χ1) is 10.9. The summed E-state index contributed by atoms with van der Waals surface area (Å²) in [5.41, 5.74) is 1.64. The van der Waals surface area contributed by atoms with E-state index >= 15 is 0 Å². The van der Waals surface area contributed by atoms with Gasteiger partial charge in [0.1, 0.15) is 0 Å². The largest absolute Gasteiger partial charge is 0.768 e. The third-order valence-corrected chi connectivity index (χ3v) is 5.24. The van der Waals surface area contributed by atoms with Gasteiger partial charge in [-0.05, 0) is 46.3 Å². The number of carbonyl (C=O) groups excluding carboxylic acids is 1. The van der Waals surface area contributed by atoms with E-state index in [9.17, 15) is 13.6 Å². The van der Waals surface area contributed by atoms with Crippen LogP contribution in [0.1, 0.15) is 25.3 Å². The Morgan fingerprint density at radius 3 is 2.26 bits per heavy atom. The van der Waals surface area contributed by atoms with Crippen LogP contribution in [0.3, 0.4) is 0 Å². The van der Waals surface area contributed by atoms with Gasteiger partial charge < -0.3 is 9.87 Å². The van der Waals surface area contributed by atoms with Gasteiger partial charge in [-0.15, -0.1) is 0 Å². The van der Waals surface area contributed by atoms with Crippen molar-refractivity contribution in [1.82, 2.24) is 0 Å². The van der Waals surface area contributed by atoms with E-state index in [0.717, 1.165) is 11.3 Å². The summed E-state index contributed by atoms with van der Waals surface area (Å²) < 4.78 is 21.9. The van der Waals surface area contributed by atoms with Crippen molar-refractivity contribution >= 4 is 22.7 Å². The summed E-state index contributed by atoms with van der Waals surface area (Å²) in [5, 5.41) is 2.95. The molecule has 1 amide bonds. The van der Waals surface area contributed by atoms with Crippen molar-refractivity contribution in [1.29, 1.82) is 0 Å². The first kappa shape index (κ1) is 15.9. The van der Waals surface area contributed by atoms with Crippen molar-refractivity contribution in [3.05, 3.63) is 60.2 Å². The molecular formula is C18H18NO3S-. The topological polar surface area (TPSA) is 69.2 Å². The third kappa shape index (κ3) is 3.07. The van der Waals surface area contributed by atoms with Crippen molar-refractivity contribution < 1.29 is 13.6 Å². The van der Waals surface area contributed by atoms with E-state index in [1.807, 2.05) is 30.3 Å². The highest BCUT2D eigenvalue weighted by atomic mass is 32.2. The summed E-state index contributed by atoms with van der Waals surface area (Å²) in [4.78, 5) is 12.8. The number of hydrogen-bond donors (Lipinski definition) is 1. The number of anilines is 1. The fourth-order valence-electron chi connectivity index (χ4n) is 3.28. The van der Waals surface area contributed by atoms with Gasteiger partial charge in [-0.25, -0.2) is 0 Å². The molecule has 3 unspecified atom stereocenters. The minimum absolute atomic E-state index is 0.00248. The monoisotopic (exact) mass is 328 g/mol. The lowest BCUT2D eigenvalue weighted by molar-refractivity contribution is -0.118. The van der Waals surface area contributed by atoms with Gasteiger partial charge in [-0.2, -0.15) is 0 Å². The minimum Gasteiger partial charge on any atom is -0.768 e. The fraction of sp³-hybridized carbons (Fsp3) is 0.278. The molecule has 0 radical (unpaired) electrons. The van der Waals surface area contributed by atoms with Crippen LogP contribution in [0, 0.1) is 11.3 Å². The van der Waals surface area contributed by atoms with E-state index in [-0.39, 0.29) is 28.1 Å². The second-order valence-corrected chi connectivity index (χ2v) is 7.38. The van der Waals surface area contributed by atoms with E-state index in [0.29, 0.717) is 0 Å². The summed E-state index contributed by atoms with van der Waals surface area (Å²) >= 11 is -2.22. The zero-order valence-corrected chi connectivity index (χ0v) is 13.8. The van der Waals surface area contributed by atoms with E-state index in [1.54, 1.807) is 24.3 Å². The first-order valence-electron chi connectivity index (χ1n) is 7.46. The van der Waals surface area contributed by atoms with Crippen LogP contribution in [0.2, 0.25) is 0 Å². The standard InChI is InChI=1S/C18H19NO3S/c1-18(2)15(12-8-10-14(11-9-12)23(21)22)16(18)17(20)19-13-6-4-3-5-7-13/h3-11,15-16H,1-2H3,(H,19,20)(H,21,22)/p-1. The van der Waals surface area contributed by atoms with Gasteiger partial charge in [0, 0.05) is 16.5 Å². The van der Waals surface area contributed by atoms with E-state index in [2.05, 4.69) is 19.2 Å². The van der Waals surface area contributed by atoms with Crippen LogP contribution in [0.4, 0.5) is 5.69 Å². The molecule has 1 fully saturated rings. The molecule has 0 bridgehead atoms. The van der Waals surface area contributed by atoms with Gasteiger partial charge in [0.15, 0.2) is 0 Å². The quantitative estimate of drug-likeness (QED) is 0.876. The molecular weight excluding hydrogens is 310 g/mol. The van der Waals surface area contributed by atoms with Crippen molar-refractivity contribution in [2.45, 2.75) is 24.7 Å². The highest BCUT2D eigenvalue weighted by molar-refractivity contribution is 7.79. The highest BCUT2D eigenvalue weighted by Gasteiger charge is 2.62. The number of amides is 1. The SMILES string of the molecule is CC1(C)C(C(=O)Nc2ccccc2)C1c1ccc(S(=O)[O-])cc1. The molecule has 1 N–H and O–H groups in total. The summed E-state index contributed by atoms with van der Waals surface area (Å²) in [6, 6.07) is 16.2. The Kier molecular flexibility index (Phi) is 4.08. The summed E-state index contributed by atoms with van der Waals surface area (Å²) in [6.45, 7) is 4.12. The molecule has 120 valence electrons. The Hall–Kier alpha value is -1.98. The van der Waals surface area contributed by atoms with Crippen molar-refractivity contribution in [2.24, 2.45) is 11.3 Å². The lowest BCUT2D eigenvalue weighted by Gasteiger charge is -2.07. The van der Waals surface area contributed by atoms with Crippen LogP contribution >= 0.6 is 0 Å². The predicted molar refractivity (Wildman–Crippen MR) is 88.7 cm³/mol. The second kappa shape index (κ2) is 5.91. The van der Waals surface area contributed by atoms with Gasteiger partial charge in [0.05, 0.1) is 5.92 Å². The molecule has 3 atom stereocenters. The smallest absolute Gasteiger partial charge is 0.228 e. The molecule has 0 saturated heterocycles. The van der Waals surface area contributed by atoms with Gasteiger partial charge >= 0.3 is 0 Å². The third-order valence-electron chi connectivity index (χ3n) is 4.58. The molecule has 23 heavy (non-hydrogen) atoms. The molecule has 0 spiro atoms. The van der Waals surface area contributed by atoms with E-state index in [1.165, 1.54) is 0 Å². The normalized spacial score (nSPS) is 23.1. The summed E-state index contributed by atoms with van der Waals surface area (Å²) in [5.74, 6) is -0.0191. The molecule has 2 aromatic rings. The molecule has 2 aromatic carbocycles. The van der Waals surface area contributed by atoms with Crippen LogP contribution in [0.15, 0.2) is 59.5 Å². The maximum Gasteiger partial charge on any atom is 0.228 e. The van der Waals surface area contributed by atoms with Gasteiger partial charge in [0.25, 0.3) is 0 Å². The Labute approximate surface area is 138 Å². The summed E-state index contributed by atoms with van der Waals surface area (Å²) in [6.07, 6.45) is 0. The van der Waals surface area contributed by atoms with Crippen LogP contribution < -0.4 is 5.32 Å². The zero-order chi connectivity index (χ0) is 16.6. The van der Waals surface area contributed by atoms with Gasteiger partial charge in [0.2, 0.25) is 5.91 Å². The highest BCUT2D eigenvalue weighted by Crippen LogP contribution is 2.64. The molecule has 0 aromatic heterocycles. The lowest BCUT2D eigenvalue weighted by Crippen LogP contribution is -2.16. The molecule has 1 saturated carbocycles. The van der Waals surface area contributed by atoms with Crippen LogP contribution in [-0.4, -0.2) is 14.7 Å². The lowest BCUT2D eigenvalue weighted by atomic mass is 10.0. The molecule has 5 heteroatoms. The number of para-hydroxylation sites is 1. The number of rotatable bonds is 4. The summed E-state index contributed by atoms with van der Waals surface area (Å²) in [7, 11) is 0. The molecule has 4 nitrogen and oxygen atoms in total. The van der Waals surface area contributed by atoms with Crippen molar-refractivity contribution in [2.75, 3.05) is 5.32 Å². The van der Waals surface area contributed by atoms with Crippen molar-refractivity contribution in [3.63, 3.8) is 0 Å². The average Bonchev–Trinajstić information content (AvgIpc) is 3.11. The van der Waals surface area contributed by atoms with Gasteiger partial charge in [-0.1, -0.05) is 44.2 Å². The predicted octanol–water partition coefficient (Wildman–Crippen LogP) is 3.30. The van der Waals surface area contributed by atoms with Crippen LogP contribution in [0.25, 0.3) is 0 Å². The number of benzene rings is 2. The van der Waals surface area contributed by atoms with Gasteiger partial charge in [-0.3, -0.25) is 9.00 Å². The molecule has 1 aliphatic rings. The maximum absolute atomic E-state index is 12.5. The molecule has 3 rings (SSSR count). The van der Waals surface area contributed by atoms with Crippen LogP contribution in [0.5, 0.6) is 0 Å². The average molecular weight is 328 g/mol. The van der Waals surface area contributed by atoms with E-state index in [4.69, 9.17) is 0 Å². The van der Waals surface area contributed by atoms with E-state index < -0.39 is 11.1 Å². The Balaban J connectivity index is 1.76. The van der Waals surface area contributed by atoms with Crippen LogP contribution in [-0.2, 0) is 15.9 Å². The maximum atomic E-state index is 12.5. The molecule has 0 aliphatic heterocycles. The Morgan fingerprint density at radius 2 is 1.70 bits per heavy atom. The number of nitrogens with one attached hydrogen (secondary N) is 1. The Bertz CT molecular complexity index is 741. The second-order valence-electron chi connectivity index (χ2n) is 6.44. The fourth-order valence-corrected chi connectivity index (χ4v) is 3.64. The van der Waals surface area contributed by atoms with Crippen molar-refractivity contribution in [3.8, 4) is 0 Å². The minimum atomic E-state index is -2.22. The Morgan fingerprint density at radius 1 is 1.09 bits per heavy atom. The number of carbonyl (C=O) groups is 1. The molecule has 0 heterocycles. The molecule has 1 aliphatic carbocycles.